The van der Waals surface area contributed by atoms with Gasteiger partial charge >= 0.3 is 0 Å². The second-order valence-corrected chi connectivity index (χ2v) is 5.70. The topological polar surface area (TPSA) is 57.9 Å². The summed E-state index contributed by atoms with van der Waals surface area (Å²) in [7, 11) is -3.29. The molecule has 0 aliphatic carbocycles. The molecule has 90 valence electrons. The molecule has 17 heavy (non-hydrogen) atoms. The monoisotopic (exact) mass is 249 g/mol. The Labute approximate surface area is 102 Å². The van der Waals surface area contributed by atoms with Crippen molar-refractivity contribution in [3.63, 3.8) is 0 Å². The van der Waals surface area contributed by atoms with Gasteiger partial charge in [0.15, 0.2) is 9.84 Å². The number of hydrogen-bond donors (Lipinski definition) is 0. The van der Waals surface area contributed by atoms with Crippen LogP contribution in [-0.4, -0.2) is 14.2 Å². The van der Waals surface area contributed by atoms with Gasteiger partial charge in [-0.3, -0.25) is 0 Å². The summed E-state index contributed by atoms with van der Waals surface area (Å²) in [4.78, 5) is 0. The van der Waals surface area contributed by atoms with E-state index in [4.69, 9.17) is 5.26 Å². The Bertz CT molecular complexity index is 524. The van der Waals surface area contributed by atoms with Crippen molar-refractivity contribution in [3.05, 3.63) is 41.3 Å². The zero-order valence-electron chi connectivity index (χ0n) is 9.76. The normalized spacial score (nSPS) is 12.1. The average Bonchev–Trinajstić information content (AvgIpc) is 2.35. The predicted molar refractivity (Wildman–Crippen MR) is 68.7 cm³/mol. The molecule has 1 rings (SSSR count). The number of rotatable bonds is 5. The molecule has 1 aromatic rings. The molecule has 0 spiro atoms. The van der Waals surface area contributed by atoms with Crippen LogP contribution < -0.4 is 0 Å². The lowest BCUT2D eigenvalue weighted by atomic mass is 10.1. The number of hydrogen-bond acceptors (Lipinski definition) is 3. The highest BCUT2D eigenvalue weighted by Gasteiger charge is 2.09. The second-order valence-electron chi connectivity index (χ2n) is 3.73. The minimum absolute atomic E-state index is 0.0987. The van der Waals surface area contributed by atoms with Crippen molar-refractivity contribution in [1.82, 2.24) is 0 Å². The van der Waals surface area contributed by atoms with Crippen LogP contribution in [0.3, 0.4) is 0 Å². The van der Waals surface area contributed by atoms with Crippen molar-refractivity contribution in [1.29, 1.82) is 5.26 Å². The van der Waals surface area contributed by atoms with Crippen LogP contribution in [0.1, 0.15) is 25.3 Å². The fourth-order valence-electron chi connectivity index (χ4n) is 1.36. The Morgan fingerprint density at radius 1 is 1.35 bits per heavy atom. The van der Waals surface area contributed by atoms with Gasteiger partial charge in [0.05, 0.1) is 11.3 Å². The van der Waals surface area contributed by atoms with Gasteiger partial charge in [-0.05, 0) is 12.0 Å². The van der Waals surface area contributed by atoms with Crippen molar-refractivity contribution in [2.45, 2.75) is 19.8 Å². The summed E-state index contributed by atoms with van der Waals surface area (Å²) in [5.74, 6) is 0.0987. The van der Waals surface area contributed by atoms with Crippen molar-refractivity contribution < 1.29 is 8.42 Å². The first kappa shape index (κ1) is 13.5. The molecule has 0 aliphatic rings. The van der Waals surface area contributed by atoms with Crippen molar-refractivity contribution in [2.24, 2.45) is 0 Å². The molecular formula is C13H15NO2S. The molecule has 0 heterocycles. The number of sulfone groups is 1. The lowest BCUT2D eigenvalue weighted by molar-refractivity contribution is 0.601. The minimum Gasteiger partial charge on any atom is -0.224 e. The first-order valence-electron chi connectivity index (χ1n) is 5.49. The Morgan fingerprint density at radius 2 is 2.00 bits per heavy atom. The molecule has 4 heteroatoms. The fourth-order valence-corrected chi connectivity index (χ4v) is 2.72. The third-order valence-corrected chi connectivity index (χ3v) is 3.74. The molecule has 0 unspecified atom stereocenters. The van der Waals surface area contributed by atoms with Crippen LogP contribution in [-0.2, 0) is 9.84 Å². The van der Waals surface area contributed by atoms with Gasteiger partial charge in [-0.25, -0.2) is 8.42 Å². The van der Waals surface area contributed by atoms with Gasteiger partial charge < -0.3 is 0 Å². The number of nitrogens with zero attached hydrogens (tertiary/aromatic N) is 1. The highest BCUT2D eigenvalue weighted by atomic mass is 32.2. The van der Waals surface area contributed by atoms with E-state index >= 15 is 0 Å². The van der Waals surface area contributed by atoms with Crippen LogP contribution in [0.25, 0.3) is 5.57 Å². The molecule has 0 fully saturated rings. The first-order valence-corrected chi connectivity index (χ1v) is 7.20. The number of nitriles is 1. The van der Waals surface area contributed by atoms with Gasteiger partial charge in [0.2, 0.25) is 0 Å². The molecule has 0 amide bonds. The van der Waals surface area contributed by atoms with Crippen LogP contribution in [0.15, 0.2) is 35.7 Å². The predicted octanol–water partition coefficient (Wildman–Crippen LogP) is 2.77. The van der Waals surface area contributed by atoms with Crippen LogP contribution in [0.5, 0.6) is 0 Å². The Kier molecular flexibility index (Phi) is 4.92. The summed E-state index contributed by atoms with van der Waals surface area (Å²) >= 11 is 0. The maximum atomic E-state index is 11.7. The molecule has 0 saturated carbocycles. The fraction of sp³-hybridized carbons (Fsp3) is 0.308. The van der Waals surface area contributed by atoms with Crippen LogP contribution >= 0.6 is 0 Å². The third kappa shape index (κ3) is 4.41. The second kappa shape index (κ2) is 6.21. The molecule has 0 aliphatic heterocycles. The quantitative estimate of drug-likeness (QED) is 0.754. The Morgan fingerprint density at radius 3 is 2.53 bits per heavy atom. The number of benzene rings is 1. The SMILES string of the molecule is CCCCS(=O)(=O)C=C(C#N)c1ccccc1. The van der Waals surface area contributed by atoms with Gasteiger partial charge in [0.1, 0.15) is 6.07 Å². The molecule has 3 nitrogen and oxygen atoms in total. The third-order valence-electron chi connectivity index (χ3n) is 2.29. The van der Waals surface area contributed by atoms with E-state index in [0.29, 0.717) is 12.0 Å². The van der Waals surface area contributed by atoms with E-state index in [2.05, 4.69) is 0 Å². The smallest absolute Gasteiger partial charge is 0.172 e. The van der Waals surface area contributed by atoms with E-state index < -0.39 is 9.84 Å². The zero-order valence-corrected chi connectivity index (χ0v) is 10.6. The van der Waals surface area contributed by atoms with Gasteiger partial charge in [-0.15, -0.1) is 0 Å². The van der Waals surface area contributed by atoms with Crippen LogP contribution in [0.4, 0.5) is 0 Å². The van der Waals surface area contributed by atoms with E-state index in [0.717, 1.165) is 11.8 Å². The van der Waals surface area contributed by atoms with E-state index in [1.54, 1.807) is 24.3 Å². The van der Waals surface area contributed by atoms with Crippen LogP contribution in [0.2, 0.25) is 0 Å². The maximum absolute atomic E-state index is 11.7. The number of allylic oxidation sites excluding steroid dienone is 1. The van der Waals surface area contributed by atoms with E-state index in [1.165, 1.54) is 0 Å². The summed E-state index contributed by atoms with van der Waals surface area (Å²) in [6.45, 7) is 1.93. The molecular weight excluding hydrogens is 234 g/mol. The van der Waals surface area contributed by atoms with Crippen LogP contribution in [0, 0.1) is 11.3 Å². The summed E-state index contributed by atoms with van der Waals surface area (Å²) in [5, 5.41) is 10.1. The van der Waals surface area contributed by atoms with Crippen molar-refractivity contribution in [2.75, 3.05) is 5.75 Å². The molecule has 0 N–H and O–H groups in total. The molecule has 0 atom stereocenters. The van der Waals surface area contributed by atoms with Crippen molar-refractivity contribution in [3.8, 4) is 6.07 Å². The molecule has 1 aromatic carbocycles. The average molecular weight is 249 g/mol. The zero-order chi connectivity index (χ0) is 12.7. The van der Waals surface area contributed by atoms with Gasteiger partial charge in [-0.1, -0.05) is 43.7 Å². The lowest BCUT2D eigenvalue weighted by Gasteiger charge is -2.00. The molecule has 0 radical (unpaired) electrons. The molecule has 0 bridgehead atoms. The Balaban J connectivity index is 3.01. The largest absolute Gasteiger partial charge is 0.224 e. The van der Waals surface area contributed by atoms with Gasteiger partial charge in [0.25, 0.3) is 0 Å². The number of unbranched alkanes of at least 4 members (excludes halogenated alkanes) is 1. The maximum Gasteiger partial charge on any atom is 0.172 e. The lowest BCUT2D eigenvalue weighted by Crippen LogP contribution is -2.02. The minimum atomic E-state index is -3.29. The van der Waals surface area contributed by atoms with E-state index in [1.807, 2.05) is 19.1 Å². The first-order chi connectivity index (χ1) is 8.09. The standard InChI is InChI=1S/C13H15NO2S/c1-2-3-9-17(15,16)11-13(10-14)12-7-5-4-6-8-12/h4-8,11H,2-3,9H2,1H3. The van der Waals surface area contributed by atoms with E-state index in [9.17, 15) is 8.42 Å². The summed E-state index contributed by atoms with van der Waals surface area (Å²) in [5.41, 5.74) is 0.830. The highest BCUT2D eigenvalue weighted by molar-refractivity contribution is 7.94. The van der Waals surface area contributed by atoms with E-state index in [-0.39, 0.29) is 11.3 Å². The Hall–Kier alpha value is -1.60. The molecule has 0 aromatic heterocycles. The van der Waals surface area contributed by atoms with Crippen molar-refractivity contribution >= 4 is 15.4 Å². The summed E-state index contributed by atoms with van der Waals surface area (Å²) < 4.78 is 23.4. The molecule has 0 saturated heterocycles. The van der Waals surface area contributed by atoms with Gasteiger partial charge in [-0.2, -0.15) is 5.26 Å². The summed E-state index contributed by atoms with van der Waals surface area (Å²) in [6.07, 6.45) is 1.44. The summed E-state index contributed by atoms with van der Waals surface area (Å²) in [6, 6.07) is 10.8. The highest BCUT2D eigenvalue weighted by Crippen LogP contribution is 2.15. The van der Waals surface area contributed by atoms with Gasteiger partial charge in [0, 0.05) is 5.41 Å².